The molecule has 92 valence electrons. The van der Waals surface area contributed by atoms with Crippen molar-refractivity contribution in [1.29, 1.82) is 0 Å². The van der Waals surface area contributed by atoms with E-state index in [0.717, 1.165) is 0 Å². The second kappa shape index (κ2) is 5.21. The maximum Gasteiger partial charge on any atom is 0.364 e. The Balaban J connectivity index is 3.14. The van der Waals surface area contributed by atoms with Gasteiger partial charge < -0.3 is 16.0 Å². The summed E-state index contributed by atoms with van der Waals surface area (Å²) in [5.41, 5.74) is 0.262. The Hall–Kier alpha value is -2.22. The molecule has 1 heterocycles. The molecular weight excluding hydrogens is 224 g/mol. The van der Waals surface area contributed by atoms with E-state index in [0.29, 0.717) is 0 Å². The van der Waals surface area contributed by atoms with Crippen LogP contribution in [0.1, 0.15) is 19.5 Å². The van der Waals surface area contributed by atoms with Gasteiger partial charge in [-0.3, -0.25) is 5.01 Å². The van der Waals surface area contributed by atoms with Crippen LogP contribution in [0.5, 0.6) is 0 Å². The first kappa shape index (κ1) is 12.8. The zero-order valence-corrected chi connectivity index (χ0v) is 9.57. The van der Waals surface area contributed by atoms with Crippen LogP contribution in [-0.2, 0) is 0 Å². The maximum absolute atomic E-state index is 10.6. The fourth-order valence-corrected chi connectivity index (χ4v) is 1.16. The molecule has 1 aromatic heterocycles. The van der Waals surface area contributed by atoms with Gasteiger partial charge in [-0.25, -0.2) is 5.84 Å². The van der Waals surface area contributed by atoms with Crippen molar-refractivity contribution in [2.75, 3.05) is 0 Å². The first-order valence-electron chi connectivity index (χ1n) is 4.91. The predicted octanol–water partition coefficient (Wildman–Crippen LogP) is 0.194. The van der Waals surface area contributed by atoms with Crippen molar-refractivity contribution < 1.29 is 4.92 Å². The van der Waals surface area contributed by atoms with E-state index in [9.17, 15) is 10.1 Å². The van der Waals surface area contributed by atoms with E-state index in [-0.39, 0.29) is 23.4 Å². The SMILES string of the molecule is CC(C)N(N)/C(=N\N)c1cccc([N+](=O)[O-])n1. The Morgan fingerprint density at radius 3 is 2.71 bits per heavy atom. The summed E-state index contributed by atoms with van der Waals surface area (Å²) in [5, 5.41) is 15.4. The van der Waals surface area contributed by atoms with Crippen molar-refractivity contribution in [2.24, 2.45) is 16.8 Å². The summed E-state index contributed by atoms with van der Waals surface area (Å²) >= 11 is 0. The van der Waals surface area contributed by atoms with E-state index >= 15 is 0 Å². The van der Waals surface area contributed by atoms with E-state index in [1.807, 2.05) is 13.8 Å². The molecule has 0 unspecified atom stereocenters. The molecule has 8 nitrogen and oxygen atoms in total. The van der Waals surface area contributed by atoms with Gasteiger partial charge in [0.2, 0.25) is 11.5 Å². The van der Waals surface area contributed by atoms with E-state index < -0.39 is 4.92 Å². The molecule has 0 saturated heterocycles. The number of hydrazone groups is 1. The van der Waals surface area contributed by atoms with Crippen molar-refractivity contribution in [3.63, 3.8) is 0 Å². The molecule has 17 heavy (non-hydrogen) atoms. The van der Waals surface area contributed by atoms with Gasteiger partial charge in [0.05, 0.1) is 0 Å². The third kappa shape index (κ3) is 2.88. The molecular formula is C9H14N6O2. The van der Waals surface area contributed by atoms with Crippen molar-refractivity contribution in [1.82, 2.24) is 9.99 Å². The van der Waals surface area contributed by atoms with Gasteiger partial charge in [0.1, 0.15) is 0 Å². The number of nitrogens with two attached hydrogens (primary N) is 2. The first-order chi connectivity index (χ1) is 7.97. The number of hydrogen-bond acceptors (Lipinski definition) is 6. The Morgan fingerprint density at radius 2 is 2.24 bits per heavy atom. The molecule has 0 bridgehead atoms. The van der Waals surface area contributed by atoms with Gasteiger partial charge in [-0.2, -0.15) is 5.10 Å². The maximum atomic E-state index is 10.6. The quantitative estimate of drug-likeness (QED) is 0.255. The molecule has 0 aliphatic carbocycles. The number of hydrazine groups is 1. The lowest BCUT2D eigenvalue weighted by Crippen LogP contribution is -2.44. The van der Waals surface area contributed by atoms with Crippen LogP contribution < -0.4 is 11.7 Å². The standard InChI is InChI=1S/C9H14N6O2/c1-6(2)14(11)9(13-10)7-4-3-5-8(12-7)15(16)17/h3-6H,10-11H2,1-2H3/b13-9-. The summed E-state index contributed by atoms with van der Waals surface area (Å²) in [6.07, 6.45) is 0. The third-order valence-corrected chi connectivity index (χ3v) is 2.07. The molecule has 0 radical (unpaired) electrons. The smallest absolute Gasteiger partial charge is 0.358 e. The van der Waals surface area contributed by atoms with Crippen LogP contribution in [0.15, 0.2) is 23.3 Å². The summed E-state index contributed by atoms with van der Waals surface area (Å²) < 4.78 is 0. The molecule has 1 rings (SSSR count). The van der Waals surface area contributed by atoms with Crippen molar-refractivity contribution in [2.45, 2.75) is 19.9 Å². The van der Waals surface area contributed by atoms with Crippen molar-refractivity contribution in [3.8, 4) is 0 Å². The number of nitrogens with zero attached hydrogens (tertiary/aromatic N) is 4. The molecule has 0 aromatic carbocycles. The first-order valence-corrected chi connectivity index (χ1v) is 4.91. The third-order valence-electron chi connectivity index (χ3n) is 2.07. The summed E-state index contributed by atoms with van der Waals surface area (Å²) in [6.45, 7) is 3.67. The molecule has 4 N–H and O–H groups in total. The van der Waals surface area contributed by atoms with E-state index in [4.69, 9.17) is 11.7 Å². The zero-order chi connectivity index (χ0) is 13.0. The highest BCUT2D eigenvalue weighted by molar-refractivity contribution is 5.96. The lowest BCUT2D eigenvalue weighted by atomic mass is 10.3. The fraction of sp³-hybridized carbons (Fsp3) is 0.333. The molecule has 1 aromatic rings. The van der Waals surface area contributed by atoms with Crippen LogP contribution >= 0.6 is 0 Å². The lowest BCUT2D eigenvalue weighted by molar-refractivity contribution is -0.389. The van der Waals surface area contributed by atoms with Gasteiger partial charge in [-0.1, -0.05) is 0 Å². The number of nitro groups is 1. The van der Waals surface area contributed by atoms with Gasteiger partial charge in [0, 0.05) is 12.1 Å². The molecule has 0 aliphatic heterocycles. The summed E-state index contributed by atoms with van der Waals surface area (Å²) in [7, 11) is 0. The normalized spacial score (nSPS) is 11.6. The van der Waals surface area contributed by atoms with Crippen LogP contribution in [-0.4, -0.2) is 26.8 Å². The molecule has 0 fully saturated rings. The van der Waals surface area contributed by atoms with Crippen LogP contribution in [0.3, 0.4) is 0 Å². The molecule has 0 saturated carbocycles. The minimum Gasteiger partial charge on any atom is -0.358 e. The van der Waals surface area contributed by atoms with Crippen molar-refractivity contribution in [3.05, 3.63) is 34.0 Å². The molecule has 0 amide bonds. The Bertz CT molecular complexity index is 445. The minimum absolute atomic E-state index is 0.0571. The van der Waals surface area contributed by atoms with E-state index in [2.05, 4.69) is 10.1 Å². The summed E-state index contributed by atoms with van der Waals surface area (Å²) in [6, 6.07) is 4.28. The number of pyridine rings is 1. The molecule has 0 atom stereocenters. The van der Waals surface area contributed by atoms with Gasteiger partial charge in [0.25, 0.3) is 0 Å². The Labute approximate surface area is 98.0 Å². The van der Waals surface area contributed by atoms with Gasteiger partial charge in [-0.05, 0) is 35.9 Å². The summed E-state index contributed by atoms with van der Waals surface area (Å²) in [5.74, 6) is 10.9. The Morgan fingerprint density at radius 1 is 1.59 bits per heavy atom. The molecule has 8 heteroatoms. The van der Waals surface area contributed by atoms with Crippen molar-refractivity contribution >= 4 is 11.7 Å². The number of hydrogen-bond donors (Lipinski definition) is 2. The predicted molar refractivity (Wildman–Crippen MR) is 62.8 cm³/mol. The monoisotopic (exact) mass is 238 g/mol. The highest BCUT2D eigenvalue weighted by atomic mass is 16.6. The topological polar surface area (TPSA) is 124 Å². The average molecular weight is 238 g/mol. The number of aromatic nitrogens is 1. The minimum atomic E-state index is -0.589. The fourth-order valence-electron chi connectivity index (χ4n) is 1.16. The van der Waals surface area contributed by atoms with E-state index in [1.165, 1.54) is 17.1 Å². The largest absolute Gasteiger partial charge is 0.364 e. The summed E-state index contributed by atoms with van der Waals surface area (Å²) in [4.78, 5) is 13.8. The van der Waals surface area contributed by atoms with Crippen LogP contribution in [0.4, 0.5) is 5.82 Å². The van der Waals surface area contributed by atoms with Gasteiger partial charge >= 0.3 is 5.82 Å². The Kier molecular flexibility index (Phi) is 3.94. The zero-order valence-electron chi connectivity index (χ0n) is 9.57. The molecule has 0 aliphatic rings. The highest BCUT2D eigenvalue weighted by Gasteiger charge is 2.20. The van der Waals surface area contributed by atoms with Gasteiger partial charge in [0.15, 0.2) is 0 Å². The highest BCUT2D eigenvalue weighted by Crippen LogP contribution is 2.10. The lowest BCUT2D eigenvalue weighted by Gasteiger charge is -2.21. The number of amidine groups is 1. The van der Waals surface area contributed by atoms with Crippen LogP contribution in [0.25, 0.3) is 0 Å². The second-order valence-corrected chi connectivity index (χ2v) is 3.59. The molecule has 0 spiro atoms. The van der Waals surface area contributed by atoms with E-state index in [1.54, 1.807) is 6.07 Å². The van der Waals surface area contributed by atoms with Gasteiger partial charge in [-0.15, -0.1) is 0 Å². The average Bonchev–Trinajstić information content (AvgIpc) is 2.30. The number of rotatable bonds is 3. The van der Waals surface area contributed by atoms with Crippen LogP contribution in [0.2, 0.25) is 0 Å². The second-order valence-electron chi connectivity index (χ2n) is 3.59. The van der Waals surface area contributed by atoms with Crippen LogP contribution in [0, 0.1) is 10.1 Å².